The minimum absolute atomic E-state index is 0.907. The maximum atomic E-state index is 5.02. The van der Waals surface area contributed by atoms with Crippen LogP contribution in [-0.4, -0.2) is 60.7 Å². The maximum Gasteiger partial charge on any atom is 0.227 e. The van der Waals surface area contributed by atoms with Crippen molar-refractivity contribution in [3.63, 3.8) is 0 Å². The molecule has 1 aromatic carbocycles. The summed E-state index contributed by atoms with van der Waals surface area (Å²) in [5.41, 5.74) is 1.07. The Morgan fingerprint density at radius 3 is 2.33 bits per heavy atom. The third-order valence-electron chi connectivity index (χ3n) is 5.33. The molecule has 2 aliphatic rings. The zero-order valence-electron chi connectivity index (χ0n) is 14.6. The summed E-state index contributed by atoms with van der Waals surface area (Å²) in [5, 5.41) is 1.19. The molecule has 0 saturated carbocycles. The number of hydrogen-bond acceptors (Lipinski definition) is 5. The third kappa shape index (κ3) is 3.05. The molecule has 2 fully saturated rings. The predicted octanol–water partition coefficient (Wildman–Crippen LogP) is 2.76. The lowest BCUT2D eigenvalue weighted by molar-refractivity contribution is 0.270. The van der Waals surface area contributed by atoms with Crippen molar-refractivity contribution in [3.05, 3.63) is 24.3 Å². The van der Waals surface area contributed by atoms with Crippen LogP contribution in [0.3, 0.4) is 0 Å². The molecule has 0 bridgehead atoms. The number of likely N-dealkylation sites (N-methyl/N-ethyl adjacent to an activating group) is 1. The number of piperidine rings is 1. The highest BCUT2D eigenvalue weighted by molar-refractivity contribution is 5.90. The van der Waals surface area contributed by atoms with Crippen molar-refractivity contribution in [2.24, 2.45) is 0 Å². The van der Waals surface area contributed by atoms with E-state index in [1.54, 1.807) is 0 Å². The fraction of sp³-hybridized carbons (Fsp3) is 0.579. The van der Waals surface area contributed by atoms with E-state index in [-0.39, 0.29) is 0 Å². The highest BCUT2D eigenvalue weighted by Gasteiger charge is 2.22. The maximum absolute atomic E-state index is 5.02. The van der Waals surface area contributed by atoms with Gasteiger partial charge in [0.05, 0.1) is 5.52 Å². The Labute approximate surface area is 144 Å². The number of nitrogens with zero attached hydrogens (tertiary/aromatic N) is 5. The van der Waals surface area contributed by atoms with Crippen LogP contribution >= 0.6 is 0 Å². The molecule has 24 heavy (non-hydrogen) atoms. The first-order chi connectivity index (χ1) is 11.8. The summed E-state index contributed by atoms with van der Waals surface area (Å²) in [4.78, 5) is 17.2. The smallest absolute Gasteiger partial charge is 0.227 e. The van der Waals surface area contributed by atoms with Crippen molar-refractivity contribution in [2.75, 3.05) is 55.6 Å². The van der Waals surface area contributed by atoms with Gasteiger partial charge in [0.1, 0.15) is 5.82 Å². The first-order valence-electron chi connectivity index (χ1n) is 9.34. The Kier molecular flexibility index (Phi) is 4.52. The SMILES string of the molecule is CCN1CCN(c2nc(N3CCCCC3)c3ccccc3n2)CC1. The molecule has 2 saturated heterocycles. The van der Waals surface area contributed by atoms with E-state index in [0.29, 0.717) is 0 Å². The van der Waals surface area contributed by atoms with E-state index in [4.69, 9.17) is 9.97 Å². The number of hydrogen-bond donors (Lipinski definition) is 0. The van der Waals surface area contributed by atoms with E-state index < -0.39 is 0 Å². The van der Waals surface area contributed by atoms with E-state index in [2.05, 4.69) is 45.9 Å². The minimum Gasteiger partial charge on any atom is -0.356 e. The van der Waals surface area contributed by atoms with Gasteiger partial charge in [-0.3, -0.25) is 0 Å². The molecule has 4 rings (SSSR count). The quantitative estimate of drug-likeness (QED) is 0.867. The molecule has 128 valence electrons. The largest absolute Gasteiger partial charge is 0.356 e. The standard InChI is InChI=1S/C19H27N5/c1-2-22-12-14-24(15-13-22)19-20-17-9-5-4-8-16(17)18(21-19)23-10-6-3-7-11-23/h4-5,8-9H,2-3,6-7,10-15H2,1H3. The average molecular weight is 325 g/mol. The molecule has 2 aromatic rings. The highest BCUT2D eigenvalue weighted by atomic mass is 15.3. The summed E-state index contributed by atoms with van der Waals surface area (Å²) in [6.45, 7) is 9.84. The number of benzene rings is 1. The molecule has 0 N–H and O–H groups in total. The molecule has 1 aromatic heterocycles. The Morgan fingerprint density at radius 1 is 0.833 bits per heavy atom. The van der Waals surface area contributed by atoms with Gasteiger partial charge in [-0.2, -0.15) is 4.98 Å². The van der Waals surface area contributed by atoms with Gasteiger partial charge in [-0.15, -0.1) is 0 Å². The minimum atomic E-state index is 0.907. The van der Waals surface area contributed by atoms with E-state index in [1.165, 1.54) is 24.6 Å². The number of anilines is 2. The van der Waals surface area contributed by atoms with Crippen molar-refractivity contribution in [2.45, 2.75) is 26.2 Å². The molecular weight excluding hydrogens is 298 g/mol. The molecule has 0 unspecified atom stereocenters. The van der Waals surface area contributed by atoms with Crippen molar-refractivity contribution >= 4 is 22.7 Å². The second-order valence-corrected chi connectivity index (χ2v) is 6.83. The van der Waals surface area contributed by atoms with E-state index in [9.17, 15) is 0 Å². The van der Waals surface area contributed by atoms with E-state index in [0.717, 1.165) is 63.1 Å². The van der Waals surface area contributed by atoms with Crippen LogP contribution in [0.1, 0.15) is 26.2 Å². The number of aromatic nitrogens is 2. The molecular formula is C19H27N5. The molecule has 0 atom stereocenters. The van der Waals surface area contributed by atoms with Crippen LogP contribution in [0.2, 0.25) is 0 Å². The zero-order chi connectivity index (χ0) is 16.4. The summed E-state index contributed by atoms with van der Waals surface area (Å²) in [6.07, 6.45) is 3.87. The first-order valence-corrected chi connectivity index (χ1v) is 9.34. The normalized spacial score (nSPS) is 19.9. The van der Waals surface area contributed by atoms with Gasteiger partial charge in [0.2, 0.25) is 5.95 Å². The molecule has 0 radical (unpaired) electrons. The van der Waals surface area contributed by atoms with E-state index >= 15 is 0 Å². The average Bonchev–Trinajstić information content (AvgIpc) is 2.68. The number of para-hydroxylation sites is 1. The zero-order valence-corrected chi connectivity index (χ0v) is 14.6. The molecule has 0 spiro atoms. The van der Waals surface area contributed by atoms with Gasteiger partial charge in [-0.25, -0.2) is 4.98 Å². The summed E-state index contributed by atoms with van der Waals surface area (Å²) in [5.74, 6) is 2.04. The highest BCUT2D eigenvalue weighted by Crippen LogP contribution is 2.28. The van der Waals surface area contributed by atoms with Gasteiger partial charge in [0.15, 0.2) is 0 Å². The Morgan fingerprint density at radius 2 is 1.58 bits per heavy atom. The fourth-order valence-electron chi connectivity index (χ4n) is 3.80. The van der Waals surface area contributed by atoms with Gasteiger partial charge < -0.3 is 14.7 Å². The van der Waals surface area contributed by atoms with Gasteiger partial charge in [0, 0.05) is 44.7 Å². The molecule has 0 aliphatic carbocycles. The van der Waals surface area contributed by atoms with Gasteiger partial charge in [0.25, 0.3) is 0 Å². The number of fused-ring (bicyclic) bond motifs is 1. The van der Waals surface area contributed by atoms with Gasteiger partial charge >= 0.3 is 0 Å². The second-order valence-electron chi connectivity index (χ2n) is 6.83. The van der Waals surface area contributed by atoms with Crippen LogP contribution in [0, 0.1) is 0 Å². The lowest BCUT2D eigenvalue weighted by Gasteiger charge is -2.35. The fourth-order valence-corrected chi connectivity index (χ4v) is 3.80. The van der Waals surface area contributed by atoms with Gasteiger partial charge in [-0.1, -0.05) is 19.1 Å². The van der Waals surface area contributed by atoms with Gasteiger partial charge in [-0.05, 0) is 37.9 Å². The summed E-state index contributed by atoms with van der Waals surface area (Å²) in [6, 6.07) is 8.46. The Balaban J connectivity index is 1.69. The topological polar surface area (TPSA) is 35.5 Å². The molecule has 5 nitrogen and oxygen atoms in total. The number of rotatable bonds is 3. The van der Waals surface area contributed by atoms with Crippen LogP contribution in [-0.2, 0) is 0 Å². The van der Waals surface area contributed by atoms with Crippen LogP contribution in [0.5, 0.6) is 0 Å². The van der Waals surface area contributed by atoms with E-state index in [1.807, 2.05) is 0 Å². The summed E-state index contributed by atoms with van der Waals surface area (Å²) in [7, 11) is 0. The van der Waals surface area contributed by atoms with Crippen molar-refractivity contribution in [1.82, 2.24) is 14.9 Å². The molecule has 0 amide bonds. The number of piperazine rings is 1. The monoisotopic (exact) mass is 325 g/mol. The molecule has 5 heteroatoms. The molecule has 2 aliphatic heterocycles. The Bertz CT molecular complexity index is 687. The van der Waals surface area contributed by atoms with Crippen molar-refractivity contribution in [3.8, 4) is 0 Å². The summed E-state index contributed by atoms with van der Waals surface area (Å²) < 4.78 is 0. The first kappa shape index (κ1) is 15.6. The second kappa shape index (κ2) is 6.93. The van der Waals surface area contributed by atoms with Crippen LogP contribution < -0.4 is 9.80 Å². The lowest BCUT2D eigenvalue weighted by atomic mass is 10.1. The molecule has 3 heterocycles. The predicted molar refractivity (Wildman–Crippen MR) is 99.9 cm³/mol. The van der Waals surface area contributed by atoms with Crippen LogP contribution in [0.25, 0.3) is 10.9 Å². The van der Waals surface area contributed by atoms with Crippen LogP contribution in [0.15, 0.2) is 24.3 Å². The van der Waals surface area contributed by atoms with Crippen molar-refractivity contribution in [1.29, 1.82) is 0 Å². The summed E-state index contributed by atoms with van der Waals surface area (Å²) >= 11 is 0. The van der Waals surface area contributed by atoms with Crippen LogP contribution in [0.4, 0.5) is 11.8 Å². The Hall–Kier alpha value is -1.88. The lowest BCUT2D eigenvalue weighted by Crippen LogP contribution is -2.47. The van der Waals surface area contributed by atoms with Crippen molar-refractivity contribution < 1.29 is 0 Å². The third-order valence-corrected chi connectivity index (χ3v) is 5.33.